The van der Waals surface area contributed by atoms with E-state index < -0.39 is 0 Å². The molecular formula is C14H13N7. The van der Waals surface area contributed by atoms with E-state index in [2.05, 4.69) is 25.7 Å². The third-order valence-corrected chi connectivity index (χ3v) is 2.80. The smallest absolute Gasteiger partial charge is 0.263 e. The van der Waals surface area contributed by atoms with Crippen molar-refractivity contribution in [3.05, 3.63) is 72.3 Å². The number of hydrazone groups is 1. The van der Waals surface area contributed by atoms with Crippen LogP contribution >= 0.6 is 0 Å². The van der Waals surface area contributed by atoms with Crippen LogP contribution in [0.3, 0.4) is 0 Å². The van der Waals surface area contributed by atoms with E-state index in [-0.39, 0.29) is 0 Å². The Morgan fingerprint density at radius 3 is 2.57 bits per heavy atom. The summed E-state index contributed by atoms with van der Waals surface area (Å²) < 4.78 is 1.25. The van der Waals surface area contributed by atoms with Gasteiger partial charge in [0.1, 0.15) is 12.0 Å². The lowest BCUT2D eigenvalue weighted by atomic mass is 10.1. The monoisotopic (exact) mass is 279 g/mol. The van der Waals surface area contributed by atoms with E-state index in [0.29, 0.717) is 11.7 Å². The van der Waals surface area contributed by atoms with Crippen LogP contribution in [0, 0.1) is 0 Å². The summed E-state index contributed by atoms with van der Waals surface area (Å²) in [6, 6.07) is 15.4. The molecule has 7 nitrogen and oxygen atoms in total. The number of nitrogens with one attached hydrogen (secondary N) is 1. The number of anilines is 1. The molecule has 0 aliphatic rings. The summed E-state index contributed by atoms with van der Waals surface area (Å²) in [5.74, 6) is 6.00. The van der Waals surface area contributed by atoms with Gasteiger partial charge >= 0.3 is 0 Å². The molecule has 0 unspecified atom stereocenters. The first-order chi connectivity index (χ1) is 10.3. The third-order valence-electron chi connectivity index (χ3n) is 2.80. The first-order valence-electron chi connectivity index (χ1n) is 6.30. The highest BCUT2D eigenvalue weighted by molar-refractivity contribution is 6.11. The van der Waals surface area contributed by atoms with Crippen molar-refractivity contribution >= 4 is 11.7 Å². The summed E-state index contributed by atoms with van der Waals surface area (Å²) in [7, 11) is 0. The molecule has 21 heavy (non-hydrogen) atoms. The van der Waals surface area contributed by atoms with E-state index in [9.17, 15) is 0 Å². The summed E-state index contributed by atoms with van der Waals surface area (Å²) >= 11 is 0. The number of rotatable bonds is 4. The first-order valence-corrected chi connectivity index (χ1v) is 6.30. The van der Waals surface area contributed by atoms with Crippen molar-refractivity contribution in [2.75, 3.05) is 11.3 Å². The molecule has 2 aromatic heterocycles. The molecule has 0 spiro atoms. The van der Waals surface area contributed by atoms with Crippen molar-refractivity contribution in [2.24, 2.45) is 5.10 Å². The van der Waals surface area contributed by atoms with Gasteiger partial charge in [0.2, 0.25) is 0 Å². The van der Waals surface area contributed by atoms with Crippen molar-refractivity contribution < 1.29 is 0 Å². The maximum Gasteiger partial charge on any atom is 0.263 e. The van der Waals surface area contributed by atoms with Crippen molar-refractivity contribution in [3.63, 3.8) is 0 Å². The van der Waals surface area contributed by atoms with Gasteiger partial charge in [-0.05, 0) is 12.1 Å². The zero-order valence-electron chi connectivity index (χ0n) is 11.1. The Morgan fingerprint density at radius 1 is 1.10 bits per heavy atom. The second-order valence-electron chi connectivity index (χ2n) is 4.22. The summed E-state index contributed by atoms with van der Waals surface area (Å²) in [5, 5.41) is 11.9. The Labute approximate surface area is 121 Å². The number of benzene rings is 1. The van der Waals surface area contributed by atoms with Crippen molar-refractivity contribution in [2.45, 2.75) is 0 Å². The number of hydrogen-bond acceptors (Lipinski definition) is 6. The molecule has 0 saturated heterocycles. The lowest BCUT2D eigenvalue weighted by Crippen LogP contribution is -2.13. The van der Waals surface area contributed by atoms with Gasteiger partial charge in [-0.2, -0.15) is 5.10 Å². The van der Waals surface area contributed by atoms with Gasteiger partial charge in [0, 0.05) is 11.8 Å². The van der Waals surface area contributed by atoms with Gasteiger partial charge in [0.05, 0.1) is 5.69 Å². The molecule has 0 fully saturated rings. The van der Waals surface area contributed by atoms with Crippen molar-refractivity contribution in [1.29, 1.82) is 0 Å². The van der Waals surface area contributed by atoms with E-state index in [4.69, 9.17) is 5.84 Å². The van der Waals surface area contributed by atoms with E-state index in [0.717, 1.165) is 11.3 Å². The molecule has 3 aromatic rings. The first kappa shape index (κ1) is 12.8. The average Bonchev–Trinajstić information content (AvgIpc) is 2.95. The lowest BCUT2D eigenvalue weighted by molar-refractivity contribution is 0.987. The normalized spacial score (nSPS) is 11.3. The molecule has 104 valence electrons. The van der Waals surface area contributed by atoms with Gasteiger partial charge in [-0.15, -0.1) is 10.2 Å². The van der Waals surface area contributed by atoms with E-state index in [1.807, 2.05) is 48.5 Å². The highest BCUT2D eigenvalue weighted by Gasteiger charge is 2.08. The van der Waals surface area contributed by atoms with Gasteiger partial charge in [0.15, 0.2) is 0 Å². The molecule has 3 N–H and O–H groups in total. The largest absolute Gasteiger partial charge is 0.335 e. The van der Waals surface area contributed by atoms with Gasteiger partial charge in [-0.1, -0.05) is 36.4 Å². The zero-order valence-corrected chi connectivity index (χ0v) is 11.1. The van der Waals surface area contributed by atoms with E-state index in [1.165, 1.54) is 11.0 Å². The minimum absolute atomic E-state index is 0.347. The Bertz CT molecular complexity index is 693. The van der Waals surface area contributed by atoms with Gasteiger partial charge < -0.3 is 5.84 Å². The summed E-state index contributed by atoms with van der Waals surface area (Å²) in [6.45, 7) is 0. The average molecular weight is 279 g/mol. The topological polar surface area (TPSA) is 94.0 Å². The summed E-state index contributed by atoms with van der Waals surface area (Å²) in [4.78, 5) is 4.33. The van der Waals surface area contributed by atoms with Crippen LogP contribution in [0.15, 0.2) is 66.2 Å². The van der Waals surface area contributed by atoms with Gasteiger partial charge in [-0.25, -0.2) is 10.1 Å². The Balaban J connectivity index is 1.99. The Kier molecular flexibility index (Phi) is 3.55. The van der Waals surface area contributed by atoms with Gasteiger partial charge in [0.25, 0.3) is 5.95 Å². The maximum atomic E-state index is 5.65. The third kappa shape index (κ3) is 2.86. The molecule has 0 atom stereocenters. The van der Waals surface area contributed by atoms with Crippen LogP contribution in [0.25, 0.3) is 0 Å². The van der Waals surface area contributed by atoms with Crippen molar-refractivity contribution in [3.8, 4) is 0 Å². The highest BCUT2D eigenvalue weighted by atomic mass is 15.5. The highest BCUT2D eigenvalue weighted by Crippen LogP contribution is 2.09. The molecule has 1 aromatic carbocycles. The fraction of sp³-hybridized carbons (Fsp3) is 0. The van der Waals surface area contributed by atoms with Crippen LogP contribution in [-0.4, -0.2) is 25.6 Å². The molecule has 2 heterocycles. The molecule has 0 amide bonds. The number of hydrogen-bond donors (Lipinski definition) is 2. The fourth-order valence-corrected chi connectivity index (χ4v) is 1.80. The molecule has 0 radical (unpaired) electrons. The van der Waals surface area contributed by atoms with Crippen LogP contribution in [0.1, 0.15) is 11.3 Å². The zero-order chi connectivity index (χ0) is 14.5. The number of nitrogens with two attached hydrogens (primary N) is 1. The number of aromatic nitrogens is 4. The molecule has 0 aliphatic carbocycles. The molecular weight excluding hydrogens is 266 g/mol. The standard InChI is InChI=1S/C14H13N7/c15-21-10-17-19-14(21)20-18-13(11-6-2-1-3-7-11)12-8-4-5-9-16-12/h1-10H,15H2,(H,19,20). The maximum absolute atomic E-state index is 5.65. The minimum Gasteiger partial charge on any atom is -0.335 e. The molecule has 0 aliphatic heterocycles. The molecule has 7 heteroatoms. The lowest BCUT2D eigenvalue weighted by Gasteiger charge is -2.06. The van der Waals surface area contributed by atoms with E-state index in [1.54, 1.807) is 6.20 Å². The predicted molar refractivity (Wildman–Crippen MR) is 80.1 cm³/mol. The molecule has 3 rings (SSSR count). The Morgan fingerprint density at radius 2 is 1.90 bits per heavy atom. The van der Waals surface area contributed by atoms with Crippen LogP contribution in [-0.2, 0) is 0 Å². The quantitative estimate of drug-likeness (QED) is 0.426. The van der Waals surface area contributed by atoms with Crippen LogP contribution in [0.2, 0.25) is 0 Å². The SMILES string of the molecule is Nn1cnnc1NN=C(c1ccccc1)c1ccccn1. The van der Waals surface area contributed by atoms with E-state index >= 15 is 0 Å². The minimum atomic E-state index is 0.347. The van der Waals surface area contributed by atoms with Crippen LogP contribution in [0.4, 0.5) is 5.95 Å². The number of pyridine rings is 1. The molecule has 0 bridgehead atoms. The molecule has 0 saturated carbocycles. The predicted octanol–water partition coefficient (Wildman–Crippen LogP) is 1.25. The van der Waals surface area contributed by atoms with Crippen LogP contribution in [0.5, 0.6) is 0 Å². The second kappa shape index (κ2) is 5.83. The summed E-state index contributed by atoms with van der Waals surface area (Å²) in [5.41, 5.74) is 5.18. The number of nitrogens with zero attached hydrogens (tertiary/aromatic N) is 5. The van der Waals surface area contributed by atoms with Gasteiger partial charge in [-0.3, -0.25) is 4.98 Å². The second-order valence-corrected chi connectivity index (χ2v) is 4.22. The summed E-state index contributed by atoms with van der Waals surface area (Å²) in [6.07, 6.45) is 3.11. The van der Waals surface area contributed by atoms with Crippen molar-refractivity contribution in [1.82, 2.24) is 19.9 Å². The fourth-order valence-electron chi connectivity index (χ4n) is 1.80. The Hall–Kier alpha value is -3.22. The van der Waals surface area contributed by atoms with Crippen LogP contribution < -0.4 is 11.3 Å². The number of nitrogen functional groups attached to an aromatic ring is 1.